The molecule has 0 aromatic carbocycles. The Balaban J connectivity index is 2.19. The van der Waals surface area contributed by atoms with Crippen LogP contribution in [0, 0.1) is 6.92 Å². The van der Waals surface area contributed by atoms with E-state index in [0.29, 0.717) is 6.42 Å². The van der Waals surface area contributed by atoms with Crippen LogP contribution in [0.15, 0.2) is 5.38 Å². The zero-order chi connectivity index (χ0) is 13.5. The number of aliphatic hydroxyl groups excluding tert-OH is 1. The van der Waals surface area contributed by atoms with Gasteiger partial charge in [0.2, 0.25) is 5.91 Å². The number of thioether (sulfide) groups is 1. The maximum absolute atomic E-state index is 11.7. The van der Waals surface area contributed by atoms with Gasteiger partial charge in [-0.15, -0.1) is 11.3 Å². The number of aryl methyl sites for hydroxylation is 1. The van der Waals surface area contributed by atoms with E-state index < -0.39 is 0 Å². The number of hydrogen-bond donors (Lipinski definition) is 1. The van der Waals surface area contributed by atoms with Gasteiger partial charge in [-0.1, -0.05) is 0 Å². The van der Waals surface area contributed by atoms with Gasteiger partial charge in [0.25, 0.3) is 0 Å². The first-order valence-corrected chi connectivity index (χ1v) is 7.93. The number of aromatic nitrogens is 1. The minimum Gasteiger partial charge on any atom is -0.394 e. The Hall–Kier alpha value is -0.590. The molecule has 102 valence electrons. The minimum absolute atomic E-state index is 0.00742. The van der Waals surface area contributed by atoms with Crippen molar-refractivity contribution in [1.82, 2.24) is 9.88 Å². The molecule has 0 aliphatic carbocycles. The number of carbonyl (C=O) groups excluding carboxylic acids is 1. The third-order valence-electron chi connectivity index (χ3n) is 2.70. The van der Waals surface area contributed by atoms with Crippen LogP contribution in [0.4, 0.5) is 0 Å². The Morgan fingerprint density at radius 3 is 2.94 bits per heavy atom. The molecule has 1 heterocycles. The van der Waals surface area contributed by atoms with Crippen LogP contribution in [0.3, 0.4) is 0 Å². The SMILES string of the molecule is Cc1nc(CSCCC(=O)N(C)C(C)CO)cs1. The minimum atomic E-state index is -0.108. The van der Waals surface area contributed by atoms with Gasteiger partial charge in [0.1, 0.15) is 0 Å². The second-order valence-corrected chi connectivity index (χ2v) is 6.36. The zero-order valence-electron chi connectivity index (χ0n) is 11.0. The van der Waals surface area contributed by atoms with Crippen molar-refractivity contribution in [2.45, 2.75) is 32.1 Å². The van der Waals surface area contributed by atoms with Crippen molar-refractivity contribution < 1.29 is 9.90 Å². The third kappa shape index (κ3) is 4.96. The molecule has 4 nitrogen and oxygen atoms in total. The number of thiazole rings is 1. The summed E-state index contributed by atoms with van der Waals surface area (Å²) in [6, 6.07) is -0.108. The van der Waals surface area contributed by atoms with Crippen molar-refractivity contribution in [1.29, 1.82) is 0 Å². The Labute approximate surface area is 116 Å². The van der Waals surface area contributed by atoms with E-state index in [1.165, 1.54) is 0 Å². The molecule has 0 aliphatic rings. The summed E-state index contributed by atoms with van der Waals surface area (Å²) in [7, 11) is 1.73. The van der Waals surface area contributed by atoms with E-state index in [2.05, 4.69) is 10.4 Å². The molecule has 1 amide bonds. The van der Waals surface area contributed by atoms with E-state index in [0.717, 1.165) is 22.2 Å². The average Bonchev–Trinajstić information content (AvgIpc) is 2.78. The molecule has 18 heavy (non-hydrogen) atoms. The summed E-state index contributed by atoms with van der Waals surface area (Å²) in [5.74, 6) is 1.73. The van der Waals surface area contributed by atoms with E-state index >= 15 is 0 Å². The quantitative estimate of drug-likeness (QED) is 0.779. The van der Waals surface area contributed by atoms with E-state index in [1.54, 1.807) is 35.0 Å². The summed E-state index contributed by atoms with van der Waals surface area (Å²) in [6.45, 7) is 3.84. The molecule has 1 unspecified atom stereocenters. The first kappa shape index (κ1) is 15.5. The number of aliphatic hydroxyl groups is 1. The van der Waals surface area contributed by atoms with Gasteiger partial charge >= 0.3 is 0 Å². The lowest BCUT2D eigenvalue weighted by Gasteiger charge is -2.22. The van der Waals surface area contributed by atoms with Crippen LogP contribution in [-0.4, -0.2) is 46.3 Å². The molecule has 1 aromatic heterocycles. The predicted octanol–water partition coefficient (Wildman–Crippen LogP) is 1.91. The molecule has 0 saturated carbocycles. The molecule has 0 saturated heterocycles. The molecular weight excluding hydrogens is 268 g/mol. The van der Waals surface area contributed by atoms with E-state index in [9.17, 15) is 4.79 Å². The number of hydrogen-bond acceptors (Lipinski definition) is 5. The Morgan fingerprint density at radius 2 is 2.39 bits per heavy atom. The molecule has 0 spiro atoms. The standard InChI is InChI=1S/C12H20N2O2S2/c1-9(6-15)14(3)12(16)4-5-17-7-11-8-18-10(2)13-11/h8-9,15H,4-7H2,1-3H3. The average molecular weight is 288 g/mol. The van der Waals surface area contributed by atoms with Gasteiger partial charge in [0, 0.05) is 30.4 Å². The van der Waals surface area contributed by atoms with Crippen molar-refractivity contribution in [2.24, 2.45) is 0 Å². The lowest BCUT2D eigenvalue weighted by Crippen LogP contribution is -2.37. The highest BCUT2D eigenvalue weighted by Crippen LogP contribution is 2.16. The van der Waals surface area contributed by atoms with Gasteiger partial charge in [0.05, 0.1) is 23.4 Å². The lowest BCUT2D eigenvalue weighted by atomic mass is 10.3. The Kier molecular flexibility index (Phi) is 6.67. The highest BCUT2D eigenvalue weighted by Gasteiger charge is 2.14. The van der Waals surface area contributed by atoms with Gasteiger partial charge < -0.3 is 10.0 Å². The second-order valence-electron chi connectivity index (χ2n) is 4.20. The lowest BCUT2D eigenvalue weighted by molar-refractivity contribution is -0.131. The van der Waals surface area contributed by atoms with Crippen LogP contribution < -0.4 is 0 Å². The van der Waals surface area contributed by atoms with Crippen molar-refractivity contribution in [3.05, 3.63) is 16.1 Å². The summed E-state index contributed by atoms with van der Waals surface area (Å²) in [4.78, 5) is 17.7. The number of likely N-dealkylation sites (N-methyl/N-ethyl adjacent to an activating group) is 1. The fourth-order valence-electron chi connectivity index (χ4n) is 1.36. The van der Waals surface area contributed by atoms with Crippen LogP contribution in [0.1, 0.15) is 24.0 Å². The van der Waals surface area contributed by atoms with Gasteiger partial charge in [-0.2, -0.15) is 11.8 Å². The van der Waals surface area contributed by atoms with Gasteiger partial charge in [-0.3, -0.25) is 4.79 Å². The van der Waals surface area contributed by atoms with Crippen molar-refractivity contribution in [2.75, 3.05) is 19.4 Å². The van der Waals surface area contributed by atoms with E-state index in [1.807, 2.05) is 13.8 Å². The zero-order valence-corrected chi connectivity index (χ0v) is 12.7. The van der Waals surface area contributed by atoms with Crippen LogP contribution >= 0.6 is 23.1 Å². The van der Waals surface area contributed by atoms with Gasteiger partial charge in [0.15, 0.2) is 0 Å². The molecule has 1 atom stereocenters. The monoisotopic (exact) mass is 288 g/mol. The van der Waals surface area contributed by atoms with Crippen molar-refractivity contribution in [3.63, 3.8) is 0 Å². The summed E-state index contributed by atoms with van der Waals surface area (Å²) in [6.07, 6.45) is 0.509. The molecule has 1 rings (SSSR count). The molecule has 1 N–H and O–H groups in total. The normalized spacial score (nSPS) is 12.4. The molecule has 0 fully saturated rings. The number of nitrogens with zero attached hydrogens (tertiary/aromatic N) is 2. The largest absolute Gasteiger partial charge is 0.394 e. The van der Waals surface area contributed by atoms with Crippen molar-refractivity contribution in [3.8, 4) is 0 Å². The first-order chi connectivity index (χ1) is 8.54. The summed E-state index contributed by atoms with van der Waals surface area (Å²) in [5, 5.41) is 12.1. The van der Waals surface area contributed by atoms with Crippen LogP contribution in [-0.2, 0) is 10.5 Å². The summed E-state index contributed by atoms with van der Waals surface area (Å²) in [5.41, 5.74) is 1.09. The molecule has 1 aromatic rings. The maximum atomic E-state index is 11.7. The smallest absolute Gasteiger partial charge is 0.223 e. The maximum Gasteiger partial charge on any atom is 0.223 e. The van der Waals surface area contributed by atoms with Gasteiger partial charge in [-0.25, -0.2) is 4.98 Å². The Morgan fingerprint density at radius 1 is 1.67 bits per heavy atom. The molecule has 0 aliphatic heterocycles. The van der Waals surface area contributed by atoms with Crippen LogP contribution in [0.2, 0.25) is 0 Å². The Bertz CT molecular complexity index is 382. The fraction of sp³-hybridized carbons (Fsp3) is 0.667. The molecule has 0 bridgehead atoms. The summed E-state index contributed by atoms with van der Waals surface area (Å²) < 4.78 is 0. The number of rotatable bonds is 7. The highest BCUT2D eigenvalue weighted by molar-refractivity contribution is 7.98. The molecule has 0 radical (unpaired) electrons. The van der Waals surface area contributed by atoms with E-state index in [-0.39, 0.29) is 18.6 Å². The molecular formula is C12H20N2O2S2. The second kappa shape index (κ2) is 7.76. The van der Waals surface area contributed by atoms with Gasteiger partial charge in [-0.05, 0) is 13.8 Å². The van der Waals surface area contributed by atoms with Crippen LogP contribution in [0.25, 0.3) is 0 Å². The van der Waals surface area contributed by atoms with E-state index in [4.69, 9.17) is 5.11 Å². The van der Waals surface area contributed by atoms with Crippen LogP contribution in [0.5, 0.6) is 0 Å². The number of carbonyl (C=O) groups is 1. The van der Waals surface area contributed by atoms with Crippen molar-refractivity contribution >= 4 is 29.0 Å². The highest BCUT2D eigenvalue weighted by atomic mass is 32.2. The summed E-state index contributed by atoms with van der Waals surface area (Å²) >= 11 is 3.37. The third-order valence-corrected chi connectivity index (χ3v) is 4.51. The first-order valence-electron chi connectivity index (χ1n) is 5.90. The topological polar surface area (TPSA) is 53.4 Å². The molecule has 6 heteroatoms. The fourth-order valence-corrected chi connectivity index (χ4v) is 2.89. The number of amides is 1. The predicted molar refractivity (Wildman–Crippen MR) is 76.9 cm³/mol.